The SMILES string of the molecule is Cn1cncc1C(CC(=O)O)c1ccc(OCC2COc3ccc(Cl)cc3O2)cc1. The number of hydrogen-bond acceptors (Lipinski definition) is 5. The van der Waals surface area contributed by atoms with Gasteiger partial charge in [0.2, 0.25) is 0 Å². The predicted molar refractivity (Wildman–Crippen MR) is 111 cm³/mol. The molecule has 1 N–H and O–H groups in total. The number of carboxylic acids is 1. The van der Waals surface area contributed by atoms with Gasteiger partial charge in [-0.3, -0.25) is 4.79 Å². The highest BCUT2D eigenvalue weighted by molar-refractivity contribution is 6.30. The van der Waals surface area contributed by atoms with Gasteiger partial charge >= 0.3 is 5.97 Å². The van der Waals surface area contributed by atoms with Crippen molar-refractivity contribution in [2.75, 3.05) is 13.2 Å². The van der Waals surface area contributed by atoms with E-state index < -0.39 is 5.97 Å². The fraction of sp³-hybridized carbons (Fsp3) is 0.273. The Morgan fingerprint density at radius 3 is 2.80 bits per heavy atom. The zero-order chi connectivity index (χ0) is 21.1. The summed E-state index contributed by atoms with van der Waals surface area (Å²) in [6, 6.07) is 12.7. The molecule has 2 atom stereocenters. The van der Waals surface area contributed by atoms with Crippen molar-refractivity contribution < 1.29 is 24.1 Å². The van der Waals surface area contributed by atoms with Crippen LogP contribution in [0.15, 0.2) is 55.0 Å². The zero-order valence-electron chi connectivity index (χ0n) is 16.3. The minimum Gasteiger partial charge on any atom is -0.490 e. The fourth-order valence-corrected chi connectivity index (χ4v) is 3.59. The minimum atomic E-state index is -0.864. The van der Waals surface area contributed by atoms with E-state index in [0.717, 1.165) is 11.3 Å². The van der Waals surface area contributed by atoms with E-state index in [0.29, 0.717) is 35.5 Å². The van der Waals surface area contributed by atoms with E-state index in [1.54, 1.807) is 30.7 Å². The summed E-state index contributed by atoms with van der Waals surface area (Å²) >= 11 is 6.01. The molecule has 0 saturated heterocycles. The van der Waals surface area contributed by atoms with Crippen LogP contribution >= 0.6 is 11.6 Å². The van der Waals surface area contributed by atoms with Gasteiger partial charge in [0, 0.05) is 35.9 Å². The molecule has 1 aliphatic heterocycles. The highest BCUT2D eigenvalue weighted by Gasteiger charge is 2.23. The number of fused-ring (bicyclic) bond motifs is 1. The summed E-state index contributed by atoms with van der Waals surface area (Å²) in [7, 11) is 1.85. The van der Waals surface area contributed by atoms with E-state index in [-0.39, 0.29) is 18.4 Å². The van der Waals surface area contributed by atoms with Crippen LogP contribution in [0, 0.1) is 0 Å². The van der Waals surface area contributed by atoms with Crippen LogP contribution in [0.25, 0.3) is 0 Å². The Labute approximate surface area is 178 Å². The Morgan fingerprint density at radius 1 is 1.30 bits per heavy atom. The lowest BCUT2D eigenvalue weighted by atomic mass is 9.92. The molecule has 4 rings (SSSR count). The Bertz CT molecular complexity index is 1030. The number of nitrogens with zero attached hydrogens (tertiary/aromatic N) is 2. The topological polar surface area (TPSA) is 82.8 Å². The molecule has 0 radical (unpaired) electrons. The standard InChI is InChI=1S/C22H21ClN2O5/c1-25-13-24-10-19(25)18(9-22(26)27)14-2-5-16(6-3-14)28-11-17-12-29-20-7-4-15(23)8-21(20)30-17/h2-8,10,13,17-18H,9,11-12H2,1H3,(H,26,27). The normalized spacial score (nSPS) is 16.1. The number of benzene rings is 2. The van der Waals surface area contributed by atoms with Crippen molar-refractivity contribution in [2.45, 2.75) is 18.4 Å². The summed E-state index contributed by atoms with van der Waals surface area (Å²) in [5, 5.41) is 9.90. The smallest absolute Gasteiger partial charge is 0.304 e. The third-order valence-corrected chi connectivity index (χ3v) is 5.17. The molecule has 2 heterocycles. The van der Waals surface area contributed by atoms with Crippen molar-refractivity contribution in [3.8, 4) is 17.2 Å². The van der Waals surface area contributed by atoms with Gasteiger partial charge in [-0.25, -0.2) is 4.98 Å². The van der Waals surface area contributed by atoms with E-state index >= 15 is 0 Å². The largest absolute Gasteiger partial charge is 0.490 e. The quantitative estimate of drug-likeness (QED) is 0.614. The van der Waals surface area contributed by atoms with Gasteiger partial charge in [0.1, 0.15) is 19.0 Å². The van der Waals surface area contributed by atoms with E-state index in [4.69, 9.17) is 25.8 Å². The first kappa shape index (κ1) is 20.1. The van der Waals surface area contributed by atoms with Crippen molar-refractivity contribution in [2.24, 2.45) is 7.05 Å². The molecule has 1 aromatic heterocycles. The van der Waals surface area contributed by atoms with Gasteiger partial charge in [-0.2, -0.15) is 0 Å². The Kier molecular flexibility index (Phi) is 5.81. The van der Waals surface area contributed by atoms with E-state index in [1.165, 1.54) is 0 Å². The van der Waals surface area contributed by atoms with E-state index in [9.17, 15) is 9.90 Å². The van der Waals surface area contributed by atoms with Crippen molar-refractivity contribution in [3.63, 3.8) is 0 Å². The van der Waals surface area contributed by atoms with E-state index in [1.807, 2.05) is 35.9 Å². The number of carbonyl (C=O) groups is 1. The molecule has 156 valence electrons. The third kappa shape index (κ3) is 4.52. The van der Waals surface area contributed by atoms with Crippen LogP contribution in [0.5, 0.6) is 17.2 Å². The number of aliphatic carboxylic acids is 1. The highest BCUT2D eigenvalue weighted by Crippen LogP contribution is 2.34. The lowest BCUT2D eigenvalue weighted by molar-refractivity contribution is -0.137. The van der Waals surface area contributed by atoms with E-state index in [2.05, 4.69) is 4.98 Å². The molecule has 0 spiro atoms. The van der Waals surface area contributed by atoms with Gasteiger partial charge in [0.15, 0.2) is 17.6 Å². The van der Waals surface area contributed by atoms with Gasteiger partial charge < -0.3 is 23.9 Å². The fourth-order valence-electron chi connectivity index (χ4n) is 3.43. The number of rotatable bonds is 7. The molecular weight excluding hydrogens is 408 g/mol. The van der Waals surface area contributed by atoms with Crippen LogP contribution in [0.1, 0.15) is 23.6 Å². The molecule has 2 aromatic carbocycles. The number of hydrogen-bond donors (Lipinski definition) is 1. The number of ether oxygens (including phenoxy) is 3. The van der Waals surface area contributed by atoms with Gasteiger partial charge in [-0.15, -0.1) is 0 Å². The van der Waals surface area contributed by atoms with Crippen molar-refractivity contribution >= 4 is 17.6 Å². The van der Waals surface area contributed by atoms with Crippen LogP contribution in [-0.4, -0.2) is 39.9 Å². The maximum Gasteiger partial charge on any atom is 0.304 e. The van der Waals surface area contributed by atoms with Crippen LogP contribution in [0.3, 0.4) is 0 Å². The van der Waals surface area contributed by atoms with Crippen LogP contribution in [0.4, 0.5) is 0 Å². The van der Waals surface area contributed by atoms with Crippen LogP contribution < -0.4 is 14.2 Å². The second-order valence-electron chi connectivity index (χ2n) is 7.10. The molecule has 7 nitrogen and oxygen atoms in total. The monoisotopic (exact) mass is 428 g/mol. The Hall–Kier alpha value is -3.19. The second kappa shape index (κ2) is 8.67. The molecule has 30 heavy (non-hydrogen) atoms. The van der Waals surface area contributed by atoms with Gasteiger partial charge in [-0.1, -0.05) is 23.7 Å². The minimum absolute atomic E-state index is 0.0189. The van der Waals surface area contributed by atoms with Crippen LogP contribution in [-0.2, 0) is 11.8 Å². The summed E-state index contributed by atoms with van der Waals surface area (Å²) in [5.74, 6) is 0.778. The average molecular weight is 429 g/mol. The third-order valence-electron chi connectivity index (χ3n) is 4.93. The molecule has 1 aliphatic rings. The summed E-state index contributed by atoms with van der Waals surface area (Å²) in [5.41, 5.74) is 1.73. The number of aryl methyl sites for hydroxylation is 1. The summed E-state index contributed by atoms with van der Waals surface area (Å²) in [4.78, 5) is 15.5. The Morgan fingerprint density at radius 2 is 2.10 bits per heavy atom. The van der Waals surface area contributed by atoms with Gasteiger partial charge in [0.05, 0.1) is 12.7 Å². The average Bonchev–Trinajstić information content (AvgIpc) is 3.16. The van der Waals surface area contributed by atoms with Crippen molar-refractivity contribution in [1.82, 2.24) is 9.55 Å². The molecule has 8 heteroatoms. The number of carboxylic acid groups (broad SMARTS) is 1. The second-order valence-corrected chi connectivity index (χ2v) is 7.54. The molecule has 0 aliphatic carbocycles. The first-order valence-corrected chi connectivity index (χ1v) is 9.87. The van der Waals surface area contributed by atoms with Crippen molar-refractivity contribution in [1.29, 1.82) is 0 Å². The molecule has 3 aromatic rings. The molecule has 0 amide bonds. The highest BCUT2D eigenvalue weighted by atomic mass is 35.5. The first-order valence-electron chi connectivity index (χ1n) is 9.49. The maximum atomic E-state index is 11.4. The molecule has 0 fully saturated rings. The lowest BCUT2D eigenvalue weighted by Crippen LogP contribution is -2.34. The summed E-state index contributed by atoms with van der Waals surface area (Å²) in [6.07, 6.45) is 3.08. The van der Waals surface area contributed by atoms with Crippen molar-refractivity contribution in [3.05, 3.63) is 71.3 Å². The predicted octanol–water partition coefficient (Wildman–Crippen LogP) is 3.90. The summed E-state index contributed by atoms with van der Waals surface area (Å²) < 4.78 is 19.3. The number of halogens is 1. The van der Waals surface area contributed by atoms with Gasteiger partial charge in [-0.05, 0) is 29.8 Å². The number of imidazole rings is 1. The van der Waals surface area contributed by atoms with Crippen LogP contribution in [0.2, 0.25) is 5.02 Å². The zero-order valence-corrected chi connectivity index (χ0v) is 17.1. The molecule has 0 bridgehead atoms. The maximum absolute atomic E-state index is 11.4. The summed E-state index contributed by atoms with van der Waals surface area (Å²) in [6.45, 7) is 0.694. The molecule has 0 saturated carbocycles. The lowest BCUT2D eigenvalue weighted by Gasteiger charge is -2.26. The molecule has 2 unspecified atom stereocenters. The number of aromatic nitrogens is 2. The molecular formula is C22H21ClN2O5. The Balaban J connectivity index is 1.41. The first-order chi connectivity index (χ1) is 14.5. The van der Waals surface area contributed by atoms with Gasteiger partial charge in [0.25, 0.3) is 0 Å².